The van der Waals surface area contributed by atoms with Crippen molar-refractivity contribution in [3.8, 4) is 5.75 Å². The number of ether oxygens (including phenoxy) is 1. The van der Waals surface area contributed by atoms with Crippen LogP contribution >= 0.6 is 0 Å². The summed E-state index contributed by atoms with van der Waals surface area (Å²) in [5.74, 6) is 0.613. The van der Waals surface area contributed by atoms with E-state index in [1.165, 1.54) is 0 Å². The smallest absolute Gasteiger partial charge is 0.252 e. The van der Waals surface area contributed by atoms with Crippen LogP contribution in [-0.4, -0.2) is 50.1 Å². The molecule has 1 saturated heterocycles. The molecule has 0 radical (unpaired) electrons. The summed E-state index contributed by atoms with van der Waals surface area (Å²) in [7, 11) is 0. The molecule has 5 heteroatoms. The monoisotopic (exact) mass is 261 g/mol. The Bertz CT molecular complexity index is 484. The Labute approximate surface area is 112 Å². The standard InChI is InChI=1S/C14H19N3O2/c15-14(18)12-3-1-2-11-10(9-19-13(11)12)8-17-6-4-16-5-7-17/h1-3,10,16H,4-9H2,(H2,15,18). The summed E-state index contributed by atoms with van der Waals surface area (Å²) in [5, 5.41) is 3.35. The lowest BCUT2D eigenvalue weighted by Crippen LogP contribution is -2.45. The van der Waals surface area contributed by atoms with Gasteiger partial charge in [0.15, 0.2) is 0 Å². The number of carbonyl (C=O) groups is 1. The van der Waals surface area contributed by atoms with Gasteiger partial charge in [0, 0.05) is 44.2 Å². The lowest BCUT2D eigenvalue weighted by molar-refractivity contribution is 0.0997. The van der Waals surface area contributed by atoms with Crippen molar-refractivity contribution in [2.75, 3.05) is 39.3 Å². The molecule has 0 aliphatic carbocycles. The Morgan fingerprint density at radius 3 is 2.95 bits per heavy atom. The molecule has 102 valence electrons. The lowest BCUT2D eigenvalue weighted by Gasteiger charge is -2.29. The van der Waals surface area contributed by atoms with Gasteiger partial charge < -0.3 is 20.7 Å². The molecule has 3 rings (SSSR count). The van der Waals surface area contributed by atoms with E-state index in [1.807, 2.05) is 12.1 Å². The fraction of sp³-hybridized carbons (Fsp3) is 0.500. The summed E-state index contributed by atoms with van der Waals surface area (Å²) in [6, 6.07) is 5.66. The number of benzene rings is 1. The summed E-state index contributed by atoms with van der Waals surface area (Å²) in [6.07, 6.45) is 0. The zero-order valence-electron chi connectivity index (χ0n) is 10.9. The Morgan fingerprint density at radius 1 is 1.42 bits per heavy atom. The number of amides is 1. The number of carbonyl (C=O) groups excluding carboxylic acids is 1. The predicted molar refractivity (Wildman–Crippen MR) is 72.5 cm³/mol. The third-order valence-corrected chi connectivity index (χ3v) is 3.87. The first-order valence-corrected chi connectivity index (χ1v) is 6.74. The Hall–Kier alpha value is -1.59. The first kappa shape index (κ1) is 12.4. The third kappa shape index (κ3) is 2.43. The first-order valence-electron chi connectivity index (χ1n) is 6.74. The van der Waals surface area contributed by atoms with E-state index in [1.54, 1.807) is 6.07 Å². The highest BCUT2D eigenvalue weighted by Gasteiger charge is 2.29. The van der Waals surface area contributed by atoms with Crippen molar-refractivity contribution in [2.45, 2.75) is 5.92 Å². The fourth-order valence-corrected chi connectivity index (χ4v) is 2.86. The highest BCUT2D eigenvalue weighted by Crippen LogP contribution is 2.37. The van der Waals surface area contributed by atoms with Gasteiger partial charge in [-0.15, -0.1) is 0 Å². The van der Waals surface area contributed by atoms with Crippen LogP contribution < -0.4 is 15.8 Å². The molecule has 0 bridgehead atoms. The molecule has 5 nitrogen and oxygen atoms in total. The molecule has 1 atom stereocenters. The van der Waals surface area contributed by atoms with E-state index in [0.29, 0.717) is 23.8 Å². The van der Waals surface area contributed by atoms with Gasteiger partial charge in [0.2, 0.25) is 0 Å². The lowest BCUT2D eigenvalue weighted by atomic mass is 9.98. The predicted octanol–water partition coefficient (Wildman–Crippen LogP) is 0.167. The number of para-hydroxylation sites is 1. The van der Waals surface area contributed by atoms with Crippen molar-refractivity contribution in [3.05, 3.63) is 29.3 Å². The summed E-state index contributed by atoms with van der Waals surface area (Å²) in [5.41, 5.74) is 7.00. The van der Waals surface area contributed by atoms with E-state index >= 15 is 0 Å². The van der Waals surface area contributed by atoms with Gasteiger partial charge in [-0.3, -0.25) is 4.79 Å². The molecule has 1 unspecified atom stereocenters. The molecule has 1 amide bonds. The van der Waals surface area contributed by atoms with Crippen LogP contribution in [0.5, 0.6) is 5.75 Å². The van der Waals surface area contributed by atoms with Crippen molar-refractivity contribution in [1.82, 2.24) is 10.2 Å². The molecule has 0 saturated carbocycles. The van der Waals surface area contributed by atoms with Gasteiger partial charge in [-0.25, -0.2) is 0 Å². The minimum absolute atomic E-state index is 0.340. The van der Waals surface area contributed by atoms with Crippen LogP contribution in [0.15, 0.2) is 18.2 Å². The maximum atomic E-state index is 11.4. The molecular formula is C14H19N3O2. The van der Waals surface area contributed by atoms with Gasteiger partial charge in [-0.2, -0.15) is 0 Å². The van der Waals surface area contributed by atoms with Crippen molar-refractivity contribution in [3.63, 3.8) is 0 Å². The van der Waals surface area contributed by atoms with Gasteiger partial charge in [0.25, 0.3) is 5.91 Å². The SMILES string of the molecule is NC(=O)c1cccc2c1OCC2CN1CCNCC1. The van der Waals surface area contributed by atoms with E-state index in [0.717, 1.165) is 38.3 Å². The zero-order valence-corrected chi connectivity index (χ0v) is 10.9. The molecule has 1 fully saturated rings. The van der Waals surface area contributed by atoms with E-state index in [-0.39, 0.29) is 0 Å². The molecular weight excluding hydrogens is 242 g/mol. The normalized spacial score (nSPS) is 22.8. The quantitative estimate of drug-likeness (QED) is 0.814. The number of piperazine rings is 1. The minimum Gasteiger partial charge on any atom is -0.492 e. The van der Waals surface area contributed by atoms with Gasteiger partial charge in [-0.1, -0.05) is 12.1 Å². The van der Waals surface area contributed by atoms with Crippen LogP contribution in [0.2, 0.25) is 0 Å². The first-order chi connectivity index (χ1) is 9.25. The van der Waals surface area contributed by atoms with Gasteiger partial charge in [0.05, 0.1) is 12.2 Å². The maximum Gasteiger partial charge on any atom is 0.252 e. The molecule has 2 heterocycles. The molecule has 1 aromatic carbocycles. The highest BCUT2D eigenvalue weighted by molar-refractivity contribution is 5.96. The molecule has 1 aromatic rings. The molecule has 19 heavy (non-hydrogen) atoms. The van der Waals surface area contributed by atoms with Crippen LogP contribution in [0.25, 0.3) is 0 Å². The highest BCUT2D eigenvalue weighted by atomic mass is 16.5. The van der Waals surface area contributed by atoms with Crippen LogP contribution in [0.4, 0.5) is 0 Å². The third-order valence-electron chi connectivity index (χ3n) is 3.87. The summed E-state index contributed by atoms with van der Waals surface area (Å²) < 4.78 is 5.70. The molecule has 3 N–H and O–H groups in total. The minimum atomic E-state index is -0.417. The topological polar surface area (TPSA) is 67.6 Å². The summed E-state index contributed by atoms with van der Waals surface area (Å²) in [4.78, 5) is 13.8. The van der Waals surface area contributed by atoms with Gasteiger partial charge in [0.1, 0.15) is 5.75 Å². The van der Waals surface area contributed by atoms with Gasteiger partial charge >= 0.3 is 0 Å². The second-order valence-corrected chi connectivity index (χ2v) is 5.15. The maximum absolute atomic E-state index is 11.4. The number of hydrogen-bond donors (Lipinski definition) is 2. The fourth-order valence-electron chi connectivity index (χ4n) is 2.86. The number of hydrogen-bond acceptors (Lipinski definition) is 4. The number of rotatable bonds is 3. The number of fused-ring (bicyclic) bond motifs is 1. The number of nitrogens with one attached hydrogen (secondary N) is 1. The Morgan fingerprint density at radius 2 is 2.21 bits per heavy atom. The van der Waals surface area contributed by atoms with Crippen LogP contribution in [0, 0.1) is 0 Å². The summed E-state index contributed by atoms with van der Waals surface area (Å²) in [6.45, 7) is 5.85. The van der Waals surface area contributed by atoms with E-state index in [4.69, 9.17) is 10.5 Å². The molecule has 0 aromatic heterocycles. The van der Waals surface area contributed by atoms with Crippen molar-refractivity contribution in [1.29, 1.82) is 0 Å². The van der Waals surface area contributed by atoms with Crippen molar-refractivity contribution >= 4 is 5.91 Å². The second kappa shape index (κ2) is 5.19. The number of nitrogens with zero attached hydrogens (tertiary/aromatic N) is 1. The van der Waals surface area contributed by atoms with E-state index in [9.17, 15) is 4.79 Å². The largest absolute Gasteiger partial charge is 0.492 e. The molecule has 2 aliphatic heterocycles. The number of primary amides is 1. The van der Waals surface area contributed by atoms with Gasteiger partial charge in [-0.05, 0) is 6.07 Å². The van der Waals surface area contributed by atoms with E-state index < -0.39 is 5.91 Å². The second-order valence-electron chi connectivity index (χ2n) is 5.15. The van der Waals surface area contributed by atoms with Crippen LogP contribution in [0.1, 0.15) is 21.8 Å². The average molecular weight is 261 g/mol. The van der Waals surface area contributed by atoms with Crippen molar-refractivity contribution < 1.29 is 9.53 Å². The number of nitrogens with two attached hydrogens (primary N) is 1. The Kier molecular flexibility index (Phi) is 3.40. The molecule has 2 aliphatic rings. The average Bonchev–Trinajstić information content (AvgIpc) is 2.83. The van der Waals surface area contributed by atoms with E-state index in [2.05, 4.69) is 10.2 Å². The molecule has 0 spiro atoms. The van der Waals surface area contributed by atoms with Crippen LogP contribution in [-0.2, 0) is 0 Å². The Balaban J connectivity index is 1.78. The summed E-state index contributed by atoms with van der Waals surface area (Å²) >= 11 is 0. The van der Waals surface area contributed by atoms with Crippen LogP contribution in [0.3, 0.4) is 0 Å². The zero-order chi connectivity index (χ0) is 13.2. The van der Waals surface area contributed by atoms with Crippen molar-refractivity contribution in [2.24, 2.45) is 5.73 Å².